The van der Waals surface area contributed by atoms with Crippen LogP contribution >= 0.6 is 0 Å². The predicted molar refractivity (Wildman–Crippen MR) is 227 cm³/mol. The van der Waals surface area contributed by atoms with E-state index in [0.717, 1.165) is 51.7 Å². The Labute approximate surface area is 326 Å². The maximum atomic E-state index is 12.0. The lowest BCUT2D eigenvalue weighted by Gasteiger charge is -2.21. The van der Waals surface area contributed by atoms with Gasteiger partial charge in [-0.15, -0.1) is 0 Å². The smallest absolute Gasteiger partial charge is 0.306 e. The van der Waals surface area contributed by atoms with Crippen LogP contribution in [0.1, 0.15) is 247 Å². The van der Waals surface area contributed by atoms with Gasteiger partial charge in [-0.3, -0.25) is 4.79 Å². The van der Waals surface area contributed by atoms with E-state index >= 15 is 0 Å². The first-order valence-electron chi connectivity index (χ1n) is 22.9. The van der Waals surface area contributed by atoms with Crippen LogP contribution in [-0.4, -0.2) is 66.3 Å². The number of aliphatic hydroxyl groups is 2. The van der Waals surface area contributed by atoms with E-state index in [2.05, 4.69) is 32.6 Å². The van der Waals surface area contributed by atoms with E-state index in [0.29, 0.717) is 6.42 Å². The minimum Gasteiger partial charge on any atom is -0.463 e. The summed E-state index contributed by atoms with van der Waals surface area (Å²) in [6, 6.07) is 0. The fraction of sp³-hybridized carbons (Fsp3) is 0.957. The van der Waals surface area contributed by atoms with E-state index in [4.69, 9.17) is 9.53 Å². The number of ether oxygens (including phenoxy) is 1. The van der Waals surface area contributed by atoms with Crippen LogP contribution < -0.4 is 0 Å². The molecule has 1 atom stereocenters. The molecular weight excluding hydrogens is 647 g/mol. The molecule has 1 unspecified atom stereocenters. The molecule has 2 N–H and O–H groups in total. The Morgan fingerprint density at radius 1 is 0.500 bits per heavy atom. The number of rotatable bonds is 39. The van der Waals surface area contributed by atoms with Gasteiger partial charge in [0.05, 0.1) is 18.8 Å². The average Bonchev–Trinajstić information content (AvgIpc) is 3.14. The first kappa shape index (κ1) is 55.4. The van der Waals surface area contributed by atoms with Crippen LogP contribution in [-0.2, 0) is 14.3 Å². The number of unbranched alkanes of at least 4 members (excludes halogenated alkanes) is 24. The molecule has 0 amide bonds. The van der Waals surface area contributed by atoms with Crippen LogP contribution in [0.2, 0.25) is 0 Å². The topological polar surface area (TPSA) is 87.1 Å². The molecule has 0 saturated carbocycles. The van der Waals surface area contributed by atoms with Crippen molar-refractivity contribution in [2.45, 2.75) is 259 Å². The second-order valence-corrected chi connectivity index (χ2v) is 15.5. The van der Waals surface area contributed by atoms with Crippen molar-refractivity contribution in [2.24, 2.45) is 0 Å². The Hall–Kier alpha value is -0.980. The van der Waals surface area contributed by atoms with Gasteiger partial charge in [0.1, 0.15) is 6.79 Å². The molecule has 6 nitrogen and oxygen atoms in total. The molecule has 0 aliphatic rings. The van der Waals surface area contributed by atoms with Crippen molar-refractivity contribution in [3.63, 3.8) is 0 Å². The summed E-state index contributed by atoms with van der Waals surface area (Å²) in [6.45, 7) is 16.3. The monoisotopic (exact) mass is 742 g/mol. The molecule has 0 aromatic rings. The maximum Gasteiger partial charge on any atom is 0.306 e. The molecule has 0 bridgehead atoms. The van der Waals surface area contributed by atoms with E-state index in [9.17, 15) is 15.0 Å². The fourth-order valence-corrected chi connectivity index (χ4v) is 6.75. The molecule has 0 radical (unpaired) electrons. The molecule has 6 heteroatoms. The standard InChI is InChI=1S/C28H57NO3.C17H36O.CH2O/c1-4-6-8-10-13-17-21-27(3)32-28(31)22-18-14-12-16-20-24-29(25-26-30)23-19-15-11-9-7-5-2;1-3-5-7-9-11-13-15-17(18)16-14-12-10-8-6-4-2;1-2/h27,30H,4-26H2,1-3H3;17-18H,3-16H2,1-2H3;1H2. The highest BCUT2D eigenvalue weighted by Gasteiger charge is 2.10. The van der Waals surface area contributed by atoms with Gasteiger partial charge in [-0.2, -0.15) is 0 Å². The fourth-order valence-electron chi connectivity index (χ4n) is 6.75. The van der Waals surface area contributed by atoms with E-state index in [1.807, 2.05) is 13.7 Å². The summed E-state index contributed by atoms with van der Waals surface area (Å²) in [7, 11) is 0. The maximum absolute atomic E-state index is 12.0. The SMILES string of the molecule is C=O.CCCCCCCCC(C)OC(=O)CCCCCCCN(CCO)CCCCCCCC.CCCCCCCCC(O)CCCCCCCC. The largest absolute Gasteiger partial charge is 0.463 e. The van der Waals surface area contributed by atoms with Gasteiger partial charge in [0.25, 0.3) is 0 Å². The van der Waals surface area contributed by atoms with Gasteiger partial charge in [-0.25, -0.2) is 0 Å². The number of aliphatic hydroxyl groups excluding tert-OH is 2. The highest BCUT2D eigenvalue weighted by Crippen LogP contribution is 2.15. The summed E-state index contributed by atoms with van der Waals surface area (Å²) < 4.78 is 5.56. The third-order valence-electron chi connectivity index (χ3n) is 10.2. The van der Waals surface area contributed by atoms with Crippen LogP contribution in [0.15, 0.2) is 0 Å². The Kier molecular flexibility index (Phi) is 53.3. The molecule has 0 heterocycles. The molecule has 0 rings (SSSR count). The van der Waals surface area contributed by atoms with Crippen LogP contribution in [0.5, 0.6) is 0 Å². The van der Waals surface area contributed by atoms with Gasteiger partial charge in [0, 0.05) is 13.0 Å². The quantitative estimate of drug-likeness (QED) is 0.0482. The minimum atomic E-state index is -0.0256. The summed E-state index contributed by atoms with van der Waals surface area (Å²) in [4.78, 5) is 22.4. The number of esters is 1. The second-order valence-electron chi connectivity index (χ2n) is 15.5. The third kappa shape index (κ3) is 49.0. The normalized spacial score (nSPS) is 11.6. The first-order chi connectivity index (χ1) is 25.4. The van der Waals surface area contributed by atoms with E-state index in [1.54, 1.807) is 0 Å². The summed E-state index contributed by atoms with van der Waals surface area (Å²) >= 11 is 0. The van der Waals surface area contributed by atoms with Crippen molar-refractivity contribution in [1.82, 2.24) is 4.90 Å². The molecule has 0 fully saturated rings. The molecule has 0 spiro atoms. The highest BCUT2D eigenvalue weighted by molar-refractivity contribution is 5.69. The van der Waals surface area contributed by atoms with Crippen LogP contribution in [0.4, 0.5) is 0 Å². The summed E-state index contributed by atoms with van der Waals surface area (Å²) in [5.41, 5.74) is 0. The number of hydrogen-bond acceptors (Lipinski definition) is 6. The van der Waals surface area contributed by atoms with E-state index in [1.165, 1.54) is 173 Å². The summed E-state index contributed by atoms with van der Waals surface area (Å²) in [6.07, 6.45) is 40.9. The Balaban J connectivity index is -0.00000101. The van der Waals surface area contributed by atoms with Crippen molar-refractivity contribution in [1.29, 1.82) is 0 Å². The zero-order valence-corrected chi connectivity index (χ0v) is 36.1. The van der Waals surface area contributed by atoms with Crippen molar-refractivity contribution >= 4 is 12.8 Å². The van der Waals surface area contributed by atoms with Gasteiger partial charge < -0.3 is 24.6 Å². The van der Waals surface area contributed by atoms with Gasteiger partial charge in [-0.1, -0.05) is 188 Å². The lowest BCUT2D eigenvalue weighted by molar-refractivity contribution is -0.148. The van der Waals surface area contributed by atoms with E-state index in [-0.39, 0.29) is 24.8 Å². The zero-order chi connectivity index (χ0) is 39.2. The number of nitrogens with zero attached hydrogens (tertiary/aromatic N) is 1. The molecule has 0 aliphatic heterocycles. The second kappa shape index (κ2) is 50.0. The molecule has 0 aliphatic carbocycles. The van der Waals surface area contributed by atoms with Crippen LogP contribution in [0.25, 0.3) is 0 Å². The van der Waals surface area contributed by atoms with Crippen molar-refractivity contribution in [3.05, 3.63) is 0 Å². The highest BCUT2D eigenvalue weighted by atomic mass is 16.5. The Morgan fingerprint density at radius 3 is 1.21 bits per heavy atom. The molecule has 0 aromatic carbocycles. The lowest BCUT2D eigenvalue weighted by Crippen LogP contribution is -2.29. The number of carbonyl (C=O) groups is 2. The van der Waals surface area contributed by atoms with Gasteiger partial charge >= 0.3 is 5.97 Å². The molecular formula is C46H95NO5. The predicted octanol–water partition coefficient (Wildman–Crippen LogP) is 13.3. The van der Waals surface area contributed by atoms with Crippen molar-refractivity contribution in [2.75, 3.05) is 26.2 Å². The average molecular weight is 742 g/mol. The molecule has 0 aromatic heterocycles. The zero-order valence-electron chi connectivity index (χ0n) is 36.1. The molecule has 314 valence electrons. The Bertz CT molecular complexity index is 632. The third-order valence-corrected chi connectivity index (χ3v) is 10.2. The molecule has 52 heavy (non-hydrogen) atoms. The van der Waals surface area contributed by atoms with Crippen LogP contribution in [0, 0.1) is 0 Å². The van der Waals surface area contributed by atoms with Crippen molar-refractivity contribution < 1.29 is 24.5 Å². The van der Waals surface area contributed by atoms with Crippen LogP contribution in [0.3, 0.4) is 0 Å². The van der Waals surface area contributed by atoms with Gasteiger partial charge in [0.2, 0.25) is 0 Å². The summed E-state index contributed by atoms with van der Waals surface area (Å²) in [5.74, 6) is -0.0171. The van der Waals surface area contributed by atoms with Crippen molar-refractivity contribution in [3.8, 4) is 0 Å². The number of carbonyl (C=O) groups excluding carboxylic acids is 2. The number of hydrogen-bond donors (Lipinski definition) is 2. The lowest BCUT2D eigenvalue weighted by atomic mass is 10.0. The Morgan fingerprint density at radius 2 is 0.827 bits per heavy atom. The van der Waals surface area contributed by atoms with Gasteiger partial charge in [-0.05, 0) is 65.0 Å². The minimum absolute atomic E-state index is 0.0171. The summed E-state index contributed by atoms with van der Waals surface area (Å²) in [5, 5.41) is 19.2. The molecule has 0 saturated heterocycles. The van der Waals surface area contributed by atoms with Gasteiger partial charge in [0.15, 0.2) is 0 Å². The van der Waals surface area contributed by atoms with E-state index < -0.39 is 0 Å². The first-order valence-corrected chi connectivity index (χ1v) is 22.9.